The number of hydrogen-bond acceptors (Lipinski definition) is 5. The third-order valence-electron chi connectivity index (χ3n) is 5.16. The molecule has 2 N–H and O–H groups in total. The fourth-order valence-corrected chi connectivity index (χ4v) is 4.74. The van der Waals surface area contributed by atoms with Crippen LogP contribution in [0.1, 0.15) is 37.9 Å². The number of amides is 1. The lowest BCUT2D eigenvalue weighted by molar-refractivity contribution is 0.126. The van der Waals surface area contributed by atoms with Crippen molar-refractivity contribution in [3.05, 3.63) is 72.2 Å². The number of nitrogens with zero attached hydrogens (tertiary/aromatic N) is 2. The van der Waals surface area contributed by atoms with Crippen molar-refractivity contribution in [2.45, 2.75) is 38.5 Å². The lowest BCUT2D eigenvalue weighted by Gasteiger charge is -2.29. The van der Waals surface area contributed by atoms with E-state index in [-0.39, 0.29) is 22.8 Å². The lowest BCUT2D eigenvalue weighted by atomic mass is 9.77. The molecule has 1 atom stereocenters. The highest BCUT2D eigenvalue weighted by molar-refractivity contribution is 7.90. The third-order valence-corrected chi connectivity index (χ3v) is 6.81. The van der Waals surface area contributed by atoms with Crippen molar-refractivity contribution in [1.29, 1.82) is 0 Å². The summed E-state index contributed by atoms with van der Waals surface area (Å²) in [5.74, 6) is -0.268. The van der Waals surface area contributed by atoms with Gasteiger partial charge in [-0.3, -0.25) is 4.98 Å². The lowest BCUT2D eigenvalue weighted by Crippen LogP contribution is -2.26. The Labute approximate surface area is 182 Å². The van der Waals surface area contributed by atoms with Crippen LogP contribution in [0.3, 0.4) is 0 Å². The van der Waals surface area contributed by atoms with Gasteiger partial charge in [0.2, 0.25) is 0 Å². The van der Waals surface area contributed by atoms with E-state index in [4.69, 9.17) is 10.5 Å². The smallest absolute Gasteiger partial charge is 0.404 e. The number of aromatic nitrogens is 2. The maximum atomic E-state index is 13.5. The molecule has 7 nitrogen and oxygen atoms in total. The molecule has 164 valence electrons. The molecule has 8 heteroatoms. The van der Waals surface area contributed by atoms with Gasteiger partial charge < -0.3 is 10.5 Å². The number of nitrogens with two attached hydrogens (primary N) is 1. The van der Waals surface area contributed by atoms with Crippen molar-refractivity contribution in [3.8, 4) is 11.3 Å². The first-order chi connectivity index (χ1) is 14.5. The Morgan fingerprint density at radius 3 is 2.39 bits per heavy atom. The fraction of sp³-hybridized carbons (Fsp3) is 0.304. The molecule has 1 unspecified atom stereocenters. The summed E-state index contributed by atoms with van der Waals surface area (Å²) in [6.45, 7) is 7.84. The number of primary amides is 1. The summed E-state index contributed by atoms with van der Waals surface area (Å²) in [6.07, 6.45) is 2.09. The Bertz CT molecular complexity index is 1160. The second-order valence-corrected chi connectivity index (χ2v) is 10.3. The summed E-state index contributed by atoms with van der Waals surface area (Å²) in [4.78, 5) is 15.5. The number of ether oxygens (including phenoxy) is 1. The van der Waals surface area contributed by atoms with E-state index in [0.29, 0.717) is 5.69 Å². The molecule has 0 saturated carbocycles. The minimum absolute atomic E-state index is 0.0449. The van der Waals surface area contributed by atoms with Crippen LogP contribution in [0.5, 0.6) is 0 Å². The quantitative estimate of drug-likeness (QED) is 0.613. The first kappa shape index (κ1) is 22.6. The maximum Gasteiger partial charge on any atom is 0.404 e. The SMILES string of the molecule is Cc1ccc(S(=O)(=O)n2cc(C(COC(N)=O)C(C)(C)C)cc2-c2ccccc2)cn1. The van der Waals surface area contributed by atoms with Crippen molar-refractivity contribution in [1.82, 2.24) is 8.96 Å². The van der Waals surface area contributed by atoms with Gasteiger partial charge >= 0.3 is 6.09 Å². The molecule has 1 amide bonds. The van der Waals surface area contributed by atoms with E-state index in [1.165, 1.54) is 10.2 Å². The third kappa shape index (κ3) is 4.96. The molecular formula is C23H27N3O4S. The zero-order valence-corrected chi connectivity index (χ0v) is 18.9. The Hall–Kier alpha value is -3.13. The van der Waals surface area contributed by atoms with Crippen molar-refractivity contribution in [2.75, 3.05) is 6.61 Å². The van der Waals surface area contributed by atoms with Crippen molar-refractivity contribution >= 4 is 16.1 Å². The van der Waals surface area contributed by atoms with E-state index >= 15 is 0 Å². The minimum Gasteiger partial charge on any atom is -0.449 e. The molecule has 0 bridgehead atoms. The van der Waals surface area contributed by atoms with Crippen LogP contribution in [-0.4, -0.2) is 30.1 Å². The second-order valence-electron chi connectivity index (χ2n) is 8.51. The molecule has 2 heterocycles. The van der Waals surface area contributed by atoms with Crippen LogP contribution in [0, 0.1) is 12.3 Å². The molecule has 0 fully saturated rings. The number of hydrogen-bond donors (Lipinski definition) is 1. The van der Waals surface area contributed by atoms with Crippen LogP contribution >= 0.6 is 0 Å². The number of carbonyl (C=O) groups excluding carboxylic acids is 1. The predicted octanol–water partition coefficient (Wildman–Crippen LogP) is 4.32. The molecule has 0 saturated heterocycles. The average Bonchev–Trinajstić information content (AvgIpc) is 3.13. The first-order valence-electron chi connectivity index (χ1n) is 9.88. The molecule has 1 aromatic carbocycles. The van der Waals surface area contributed by atoms with Crippen LogP contribution in [-0.2, 0) is 14.8 Å². The van der Waals surface area contributed by atoms with Crippen molar-refractivity contribution in [3.63, 3.8) is 0 Å². The Morgan fingerprint density at radius 1 is 1.16 bits per heavy atom. The molecular weight excluding hydrogens is 414 g/mol. The average molecular weight is 442 g/mol. The van der Waals surface area contributed by atoms with Gasteiger partial charge in [-0.05, 0) is 41.7 Å². The fourth-order valence-electron chi connectivity index (χ4n) is 3.40. The second kappa shape index (κ2) is 8.55. The monoisotopic (exact) mass is 441 g/mol. The largest absolute Gasteiger partial charge is 0.449 e. The van der Waals surface area contributed by atoms with Gasteiger partial charge in [-0.1, -0.05) is 51.1 Å². The summed E-state index contributed by atoms with van der Waals surface area (Å²) in [5.41, 5.74) is 7.59. The molecule has 0 aliphatic carbocycles. The maximum absolute atomic E-state index is 13.5. The Kier molecular flexibility index (Phi) is 6.22. The number of pyridine rings is 1. The van der Waals surface area contributed by atoms with Crippen LogP contribution < -0.4 is 5.73 Å². The highest BCUT2D eigenvalue weighted by Crippen LogP contribution is 2.38. The molecule has 0 aliphatic heterocycles. The topological polar surface area (TPSA) is 104 Å². The van der Waals surface area contributed by atoms with Crippen LogP contribution in [0.4, 0.5) is 4.79 Å². The molecule has 3 rings (SSSR count). The summed E-state index contributed by atoms with van der Waals surface area (Å²) in [6, 6.07) is 14.3. The Morgan fingerprint density at radius 2 is 1.84 bits per heavy atom. The molecule has 0 spiro atoms. The van der Waals surface area contributed by atoms with E-state index in [9.17, 15) is 13.2 Å². The highest BCUT2D eigenvalue weighted by atomic mass is 32.2. The van der Waals surface area contributed by atoms with Crippen LogP contribution in [0.25, 0.3) is 11.3 Å². The standard InChI is InChI=1S/C23H27N3O4S/c1-16-10-11-19(13-25-16)31(28,29)26-14-18(12-21(26)17-8-6-5-7-9-17)20(23(2,3)4)15-30-22(24)27/h5-14,20H,15H2,1-4H3,(H2,24,27). The van der Waals surface area contributed by atoms with Crippen molar-refractivity contribution in [2.24, 2.45) is 11.1 Å². The van der Waals surface area contributed by atoms with Gasteiger partial charge in [0.1, 0.15) is 11.5 Å². The number of carbonyl (C=O) groups is 1. The molecule has 31 heavy (non-hydrogen) atoms. The van der Waals surface area contributed by atoms with Gasteiger partial charge in [0.25, 0.3) is 10.0 Å². The number of aryl methyl sites for hydroxylation is 1. The van der Waals surface area contributed by atoms with Gasteiger partial charge in [-0.15, -0.1) is 0 Å². The van der Waals surface area contributed by atoms with Crippen LogP contribution in [0.15, 0.2) is 65.8 Å². The van der Waals surface area contributed by atoms with Crippen molar-refractivity contribution < 1.29 is 17.9 Å². The summed E-state index contributed by atoms with van der Waals surface area (Å²) >= 11 is 0. The van der Waals surface area contributed by atoms with E-state index in [1.807, 2.05) is 57.2 Å². The number of benzene rings is 1. The molecule has 3 aromatic rings. The van der Waals surface area contributed by atoms with Crippen LogP contribution in [0.2, 0.25) is 0 Å². The molecule has 0 radical (unpaired) electrons. The normalized spacial score (nSPS) is 13.0. The zero-order valence-electron chi connectivity index (χ0n) is 18.1. The highest BCUT2D eigenvalue weighted by Gasteiger charge is 2.31. The number of rotatable bonds is 6. The van der Waals surface area contributed by atoms with Gasteiger partial charge in [0.15, 0.2) is 0 Å². The summed E-state index contributed by atoms with van der Waals surface area (Å²) < 4.78 is 33.4. The van der Waals surface area contributed by atoms with Gasteiger partial charge in [0.05, 0.1) is 5.69 Å². The Balaban J connectivity index is 2.19. The van der Waals surface area contributed by atoms with E-state index in [2.05, 4.69) is 4.98 Å². The summed E-state index contributed by atoms with van der Waals surface area (Å²) in [5, 5.41) is 0. The van der Waals surface area contributed by atoms with Gasteiger partial charge in [0, 0.05) is 24.0 Å². The van der Waals surface area contributed by atoms with E-state index in [1.54, 1.807) is 25.3 Å². The first-order valence-corrected chi connectivity index (χ1v) is 11.3. The van der Waals surface area contributed by atoms with E-state index in [0.717, 1.165) is 16.8 Å². The predicted molar refractivity (Wildman–Crippen MR) is 119 cm³/mol. The minimum atomic E-state index is -3.90. The molecule has 2 aromatic heterocycles. The van der Waals surface area contributed by atoms with E-state index < -0.39 is 16.1 Å². The van der Waals surface area contributed by atoms with Gasteiger partial charge in [-0.25, -0.2) is 17.2 Å². The van der Waals surface area contributed by atoms with Gasteiger partial charge in [-0.2, -0.15) is 0 Å². The summed E-state index contributed by atoms with van der Waals surface area (Å²) in [7, 11) is -3.90. The zero-order chi connectivity index (χ0) is 22.8. The molecule has 0 aliphatic rings.